The van der Waals surface area contributed by atoms with Crippen LogP contribution in [0.3, 0.4) is 0 Å². The molecule has 3 aromatic heterocycles. The predicted molar refractivity (Wildman–Crippen MR) is 279 cm³/mol. The molecular formula is C64H44N4OPt-2. The van der Waals surface area contributed by atoms with Crippen molar-refractivity contribution >= 4 is 32.8 Å². The van der Waals surface area contributed by atoms with Gasteiger partial charge in [-0.05, 0) is 95.9 Å². The first-order valence-corrected chi connectivity index (χ1v) is 22.6. The molecule has 6 heteroatoms. The second kappa shape index (κ2) is 17.1. The summed E-state index contributed by atoms with van der Waals surface area (Å²) in [5, 5.41) is 2.02. The van der Waals surface area contributed by atoms with Crippen LogP contribution in [-0.2, 0) is 26.5 Å². The molecule has 12 aromatic rings. The largest absolute Gasteiger partial charge is 0.510 e. The summed E-state index contributed by atoms with van der Waals surface area (Å²) in [6.45, 7) is 6.52. The first kappa shape index (κ1) is 33.4. The molecule has 1 aliphatic heterocycles. The zero-order valence-corrected chi connectivity index (χ0v) is 40.2. The normalized spacial score (nSPS) is 13.8. The van der Waals surface area contributed by atoms with Gasteiger partial charge >= 0.3 is 0 Å². The molecule has 0 saturated heterocycles. The van der Waals surface area contributed by atoms with E-state index in [0.717, 1.165) is 38.8 Å². The second-order valence-electron chi connectivity index (χ2n) is 18.0. The first-order chi connectivity index (χ1) is 38.0. The zero-order chi connectivity index (χ0) is 54.9. The third-order valence-electron chi connectivity index (χ3n) is 12.9. The average Bonchev–Trinajstić information content (AvgIpc) is 3.31. The summed E-state index contributed by atoms with van der Waals surface area (Å²) in [5.74, 6) is 1.56. The summed E-state index contributed by atoms with van der Waals surface area (Å²) >= 11 is 0. The molecule has 0 atom stereocenters. The number of aromatic nitrogens is 4. The van der Waals surface area contributed by atoms with Crippen LogP contribution in [0.5, 0.6) is 11.5 Å². The Morgan fingerprint density at radius 2 is 1.17 bits per heavy atom. The Morgan fingerprint density at radius 3 is 1.96 bits per heavy atom. The zero-order valence-electron chi connectivity index (χ0n) is 47.9. The molecule has 13 rings (SSSR count). The number of benzene rings is 9. The maximum Gasteiger partial charge on any atom is 0.268 e. The topological polar surface area (TPSA) is 35.9 Å². The van der Waals surface area contributed by atoms with Crippen molar-refractivity contribution in [3.05, 3.63) is 236 Å². The Kier molecular flexibility index (Phi) is 8.18. The standard InChI is InChI=1S/C64H44N4O.Pt/c1-64(2,3)44-36-37-65-60(38-44)68-57-32-13-12-26-52(57)53-35-34-47(40-59(53)68)69-46-23-14-22-45(39-46)66-41-67-62-49(43-20-8-5-9-21-43)28-16-30-55(62)51-25-11-10-24-50(51)54-29-15-27-48(42-18-6-4-7-19-42)61(54)56-31-17-33-58(66)63(56)67;/h4-38H,1-3H3;/q-2;/i4D,5D,6D,7D,8D,9D,18D,19D,20D,21D;. The third kappa shape index (κ3) is 7.11. The summed E-state index contributed by atoms with van der Waals surface area (Å²) in [7, 11) is 0. The van der Waals surface area contributed by atoms with Crippen molar-refractivity contribution in [3.8, 4) is 84.3 Å². The SMILES string of the molecule is [2H]c1c([2H])c([2H])c(-c2cccc3c2-c2cccc4c2[n+]([c-]n4-c2[c-]c(Oc4[c-]c5c(cc4)c4ccccc4n5-c4cc(C(C)(C)C)ccn4)ccc2)-c2c(cccc2-c2c([2H])c([2H])c([2H])c([2H])c2[2H])-c2ccccc2-3)c([2H])c1[2H].[Pt]. The van der Waals surface area contributed by atoms with Crippen LogP contribution >= 0.6 is 0 Å². The number of ether oxygens (including phenoxy) is 1. The smallest absolute Gasteiger partial charge is 0.268 e. The fourth-order valence-corrected chi connectivity index (χ4v) is 9.82. The molecule has 0 radical (unpaired) electrons. The number of hydrogen-bond acceptors (Lipinski definition) is 2. The number of hydrogen-bond donors (Lipinski definition) is 0. The molecule has 0 fully saturated rings. The van der Waals surface area contributed by atoms with Crippen molar-refractivity contribution in [3.63, 3.8) is 0 Å². The maximum absolute atomic E-state index is 9.30. The van der Waals surface area contributed by atoms with Gasteiger partial charge < -0.3 is 13.9 Å². The third-order valence-corrected chi connectivity index (χ3v) is 12.9. The Labute approximate surface area is 435 Å². The van der Waals surface area contributed by atoms with Crippen molar-refractivity contribution in [2.75, 3.05) is 0 Å². The minimum Gasteiger partial charge on any atom is -0.510 e. The number of rotatable bonds is 6. The van der Waals surface area contributed by atoms with Gasteiger partial charge in [-0.25, -0.2) is 4.98 Å². The Morgan fingerprint density at radius 1 is 0.557 bits per heavy atom. The average molecular weight is 1090 g/mol. The van der Waals surface area contributed by atoms with E-state index >= 15 is 0 Å². The van der Waals surface area contributed by atoms with Crippen molar-refractivity contribution in [2.45, 2.75) is 26.2 Å². The van der Waals surface area contributed by atoms with Gasteiger partial charge in [-0.3, -0.25) is 4.57 Å². The Balaban J connectivity index is 0.00000637. The van der Waals surface area contributed by atoms with Crippen molar-refractivity contribution in [1.82, 2.24) is 14.1 Å². The van der Waals surface area contributed by atoms with E-state index in [0.29, 0.717) is 72.9 Å². The van der Waals surface area contributed by atoms with Gasteiger partial charge in [0, 0.05) is 44.3 Å². The van der Waals surface area contributed by atoms with Crippen molar-refractivity contribution in [2.24, 2.45) is 0 Å². The van der Waals surface area contributed by atoms with Crippen LogP contribution in [0.15, 0.2) is 212 Å². The molecule has 0 aliphatic carbocycles. The van der Waals surface area contributed by atoms with E-state index in [-0.39, 0.29) is 61.8 Å². The van der Waals surface area contributed by atoms with Crippen LogP contribution in [0.2, 0.25) is 0 Å². The van der Waals surface area contributed by atoms with E-state index in [4.69, 9.17) is 17.9 Å². The summed E-state index contributed by atoms with van der Waals surface area (Å²) < 4.78 is 102. The van der Waals surface area contributed by atoms with Gasteiger partial charge in [0.1, 0.15) is 5.82 Å². The van der Waals surface area contributed by atoms with Gasteiger partial charge in [0.15, 0.2) is 0 Å². The van der Waals surface area contributed by atoms with E-state index in [1.807, 2.05) is 118 Å². The number of pyridine rings is 1. The molecule has 0 spiro atoms. The number of fused-ring (bicyclic) bond motifs is 10. The summed E-state index contributed by atoms with van der Waals surface area (Å²) in [4.78, 5) is 4.84. The molecule has 0 saturated carbocycles. The Bertz CT molecular complexity index is 4540. The van der Waals surface area contributed by atoms with Crippen molar-refractivity contribution in [1.29, 1.82) is 0 Å². The second-order valence-corrected chi connectivity index (χ2v) is 18.0. The quantitative estimate of drug-likeness (QED) is 0.123. The molecule has 338 valence electrons. The van der Waals surface area contributed by atoms with Crippen LogP contribution in [0, 0.1) is 18.5 Å². The fourth-order valence-electron chi connectivity index (χ4n) is 9.82. The summed E-state index contributed by atoms with van der Waals surface area (Å²) in [6, 6.07) is 48.9. The van der Waals surface area contributed by atoms with Crippen LogP contribution in [0.1, 0.15) is 40.0 Å². The van der Waals surface area contributed by atoms with Gasteiger partial charge in [0.05, 0.1) is 30.4 Å². The van der Waals surface area contributed by atoms with E-state index in [2.05, 4.69) is 62.0 Å². The number of nitrogens with zero attached hydrogens (tertiary/aromatic N) is 4. The van der Waals surface area contributed by atoms with E-state index < -0.39 is 36.3 Å². The molecule has 1 aliphatic rings. The monoisotopic (exact) mass is 1090 g/mol. The van der Waals surface area contributed by atoms with Crippen LogP contribution in [0.25, 0.3) is 106 Å². The first-order valence-electron chi connectivity index (χ1n) is 27.6. The molecule has 9 aromatic carbocycles. The molecule has 70 heavy (non-hydrogen) atoms. The molecular weight excluding hydrogens is 1040 g/mol. The maximum atomic E-state index is 9.30. The van der Waals surface area contributed by atoms with E-state index in [1.54, 1.807) is 24.3 Å². The minimum atomic E-state index is -0.520. The van der Waals surface area contributed by atoms with Gasteiger partial charge in [-0.1, -0.05) is 184 Å². The number of imidazole rings is 1. The van der Waals surface area contributed by atoms with Gasteiger partial charge in [-0.15, -0.1) is 29.7 Å². The van der Waals surface area contributed by atoms with E-state index in [9.17, 15) is 5.48 Å². The van der Waals surface area contributed by atoms with Gasteiger partial charge in [0.25, 0.3) is 6.33 Å². The van der Waals surface area contributed by atoms with Crippen LogP contribution in [-0.4, -0.2) is 14.1 Å². The van der Waals surface area contributed by atoms with Crippen molar-refractivity contribution < 1.29 is 44.1 Å². The van der Waals surface area contributed by atoms with E-state index in [1.165, 1.54) is 0 Å². The predicted octanol–water partition coefficient (Wildman–Crippen LogP) is 15.5. The summed E-state index contributed by atoms with van der Waals surface area (Å²) in [6.07, 6.45) is 5.48. The molecule has 0 N–H and O–H groups in total. The van der Waals surface area contributed by atoms with Crippen LogP contribution in [0.4, 0.5) is 0 Å². The molecule has 4 heterocycles. The van der Waals surface area contributed by atoms with Crippen LogP contribution < -0.4 is 9.30 Å². The van der Waals surface area contributed by atoms with Gasteiger partial charge in [0.2, 0.25) is 0 Å². The van der Waals surface area contributed by atoms with Gasteiger partial charge in [-0.2, -0.15) is 18.2 Å². The number of para-hydroxylation sites is 3. The molecule has 0 unspecified atom stereocenters. The minimum absolute atomic E-state index is 0. The molecule has 0 bridgehead atoms. The fraction of sp³-hybridized carbons (Fsp3) is 0.0625. The Hall–Kier alpha value is -8.11. The summed E-state index contributed by atoms with van der Waals surface area (Å²) in [5.41, 5.74) is 9.58. The molecule has 0 amide bonds. The molecule has 5 nitrogen and oxygen atoms in total.